The standard InChI is InChI=1S/C27H28N4O2/c1-18-16-30(17-29-18)25-11-10-20(14-26(25)33-3)13-21-7-6-12-31(27(21)32)19(2)23-15-28-24-9-5-4-8-22(23)24/h4-5,8-11,13-17,19,28H,6-7,12H2,1-3H3/b21-13+/t19-/m0/s1. The Morgan fingerprint density at radius 3 is 2.85 bits per heavy atom. The number of H-pyrrole nitrogens is 1. The fourth-order valence-corrected chi connectivity index (χ4v) is 4.70. The number of rotatable bonds is 5. The number of carbonyl (C=O) groups is 1. The molecule has 5 rings (SSSR count). The van der Waals surface area contributed by atoms with Gasteiger partial charge in [0.1, 0.15) is 5.75 Å². The molecule has 33 heavy (non-hydrogen) atoms. The number of amides is 1. The lowest BCUT2D eigenvalue weighted by Gasteiger charge is -2.34. The van der Waals surface area contributed by atoms with Gasteiger partial charge in [0, 0.05) is 35.4 Å². The van der Waals surface area contributed by atoms with Gasteiger partial charge in [-0.1, -0.05) is 24.3 Å². The van der Waals surface area contributed by atoms with Crippen LogP contribution in [-0.2, 0) is 4.79 Å². The fourth-order valence-electron chi connectivity index (χ4n) is 4.70. The summed E-state index contributed by atoms with van der Waals surface area (Å²) in [5.41, 5.74) is 5.91. The average molecular weight is 441 g/mol. The molecule has 0 bridgehead atoms. The minimum absolute atomic E-state index is 0.00116. The van der Waals surface area contributed by atoms with Crippen molar-refractivity contribution in [1.29, 1.82) is 0 Å². The van der Waals surface area contributed by atoms with Gasteiger partial charge < -0.3 is 19.2 Å². The van der Waals surface area contributed by atoms with E-state index in [4.69, 9.17) is 4.74 Å². The van der Waals surface area contributed by atoms with E-state index in [9.17, 15) is 4.79 Å². The molecule has 1 aliphatic rings. The quantitative estimate of drug-likeness (QED) is 0.421. The Kier molecular flexibility index (Phi) is 5.50. The van der Waals surface area contributed by atoms with E-state index in [0.29, 0.717) is 0 Å². The lowest BCUT2D eigenvalue weighted by atomic mass is 9.97. The van der Waals surface area contributed by atoms with E-state index in [1.54, 1.807) is 13.4 Å². The number of aryl methyl sites for hydroxylation is 1. The average Bonchev–Trinajstić information content (AvgIpc) is 3.46. The molecule has 1 N–H and O–H groups in total. The van der Waals surface area contributed by atoms with E-state index in [1.165, 1.54) is 5.39 Å². The maximum absolute atomic E-state index is 13.5. The summed E-state index contributed by atoms with van der Waals surface area (Å²) >= 11 is 0. The third kappa shape index (κ3) is 3.93. The summed E-state index contributed by atoms with van der Waals surface area (Å²) in [7, 11) is 1.66. The van der Waals surface area contributed by atoms with Gasteiger partial charge in [-0.3, -0.25) is 4.79 Å². The van der Waals surface area contributed by atoms with Crippen molar-refractivity contribution in [3.05, 3.63) is 83.6 Å². The highest BCUT2D eigenvalue weighted by Gasteiger charge is 2.29. The molecule has 3 heterocycles. The molecular weight excluding hydrogens is 412 g/mol. The number of fused-ring (bicyclic) bond motifs is 1. The molecule has 6 heteroatoms. The van der Waals surface area contributed by atoms with Gasteiger partial charge in [-0.25, -0.2) is 4.98 Å². The van der Waals surface area contributed by atoms with E-state index < -0.39 is 0 Å². The molecule has 2 aromatic carbocycles. The number of carbonyl (C=O) groups excluding carboxylic acids is 1. The highest BCUT2D eigenvalue weighted by atomic mass is 16.5. The Morgan fingerprint density at radius 2 is 2.06 bits per heavy atom. The van der Waals surface area contributed by atoms with Gasteiger partial charge in [0.2, 0.25) is 5.91 Å². The monoisotopic (exact) mass is 440 g/mol. The lowest BCUT2D eigenvalue weighted by molar-refractivity contribution is -0.130. The smallest absolute Gasteiger partial charge is 0.250 e. The van der Waals surface area contributed by atoms with Crippen molar-refractivity contribution in [3.8, 4) is 11.4 Å². The molecule has 0 aliphatic carbocycles. The largest absolute Gasteiger partial charge is 0.495 e. The van der Waals surface area contributed by atoms with Gasteiger partial charge in [-0.2, -0.15) is 0 Å². The van der Waals surface area contributed by atoms with Crippen LogP contribution in [0.1, 0.15) is 42.6 Å². The van der Waals surface area contributed by atoms with E-state index in [-0.39, 0.29) is 11.9 Å². The van der Waals surface area contributed by atoms with Gasteiger partial charge >= 0.3 is 0 Å². The van der Waals surface area contributed by atoms with E-state index >= 15 is 0 Å². The normalized spacial score (nSPS) is 16.5. The first kappa shape index (κ1) is 21.1. The van der Waals surface area contributed by atoms with E-state index in [1.807, 2.05) is 65.2 Å². The van der Waals surface area contributed by atoms with Crippen LogP contribution >= 0.6 is 0 Å². The summed E-state index contributed by atoms with van der Waals surface area (Å²) in [5, 5.41) is 1.17. The maximum Gasteiger partial charge on any atom is 0.250 e. The lowest BCUT2D eigenvalue weighted by Crippen LogP contribution is -2.38. The van der Waals surface area contributed by atoms with Gasteiger partial charge in [0.15, 0.2) is 0 Å². The molecular formula is C27H28N4O2. The Morgan fingerprint density at radius 1 is 1.21 bits per heavy atom. The molecule has 6 nitrogen and oxygen atoms in total. The van der Waals surface area contributed by atoms with Gasteiger partial charge in [0.25, 0.3) is 0 Å². The summed E-state index contributed by atoms with van der Waals surface area (Å²) in [4.78, 5) is 23.1. The van der Waals surface area contributed by atoms with Crippen LogP contribution in [-0.4, -0.2) is 39.0 Å². The zero-order valence-corrected chi connectivity index (χ0v) is 19.2. The molecule has 1 fully saturated rings. The molecule has 1 aliphatic heterocycles. The molecule has 0 unspecified atom stereocenters. The summed E-state index contributed by atoms with van der Waals surface area (Å²) in [5.74, 6) is 0.848. The summed E-state index contributed by atoms with van der Waals surface area (Å²) in [6.45, 7) is 4.83. The van der Waals surface area contributed by atoms with Gasteiger partial charge in [-0.15, -0.1) is 0 Å². The predicted octanol–water partition coefficient (Wildman–Crippen LogP) is 5.44. The fraction of sp³-hybridized carbons (Fsp3) is 0.259. The van der Waals surface area contributed by atoms with Crippen molar-refractivity contribution < 1.29 is 9.53 Å². The van der Waals surface area contributed by atoms with Crippen molar-refractivity contribution in [2.45, 2.75) is 32.7 Å². The van der Waals surface area contributed by atoms with Crippen LogP contribution in [0.15, 0.2) is 66.8 Å². The van der Waals surface area contributed by atoms with Crippen molar-refractivity contribution >= 4 is 22.9 Å². The number of nitrogens with zero attached hydrogens (tertiary/aromatic N) is 3. The SMILES string of the molecule is COc1cc(/C=C2\CCCN([C@@H](C)c3c[nH]c4ccccc34)C2=O)ccc1-n1cnc(C)c1. The number of para-hydroxylation sites is 1. The second-order valence-corrected chi connectivity index (χ2v) is 8.59. The van der Waals surface area contributed by atoms with Crippen LogP contribution in [0, 0.1) is 6.92 Å². The van der Waals surface area contributed by atoms with Crippen LogP contribution in [0.3, 0.4) is 0 Å². The number of ether oxygens (including phenoxy) is 1. The number of nitrogens with one attached hydrogen (secondary N) is 1. The van der Waals surface area contributed by atoms with Crippen LogP contribution in [0.25, 0.3) is 22.7 Å². The van der Waals surface area contributed by atoms with Crippen LogP contribution in [0.5, 0.6) is 5.75 Å². The minimum atomic E-state index is -0.00116. The van der Waals surface area contributed by atoms with Gasteiger partial charge in [0.05, 0.1) is 30.9 Å². The van der Waals surface area contributed by atoms with Crippen molar-refractivity contribution in [3.63, 3.8) is 0 Å². The third-order valence-corrected chi connectivity index (χ3v) is 6.45. The van der Waals surface area contributed by atoms with E-state index in [0.717, 1.165) is 58.7 Å². The molecule has 1 atom stereocenters. The number of benzene rings is 2. The summed E-state index contributed by atoms with van der Waals surface area (Å²) in [6, 6.07) is 14.2. The predicted molar refractivity (Wildman–Crippen MR) is 130 cm³/mol. The summed E-state index contributed by atoms with van der Waals surface area (Å²) in [6.07, 6.45) is 9.50. The first-order chi connectivity index (χ1) is 16.0. The third-order valence-electron chi connectivity index (χ3n) is 6.45. The Labute approximate surface area is 193 Å². The Balaban J connectivity index is 1.42. The highest BCUT2D eigenvalue weighted by Crippen LogP contribution is 2.33. The number of likely N-dealkylation sites (tertiary alicyclic amines) is 1. The number of aromatic nitrogens is 3. The number of piperidine rings is 1. The van der Waals surface area contributed by atoms with Crippen LogP contribution in [0.2, 0.25) is 0 Å². The van der Waals surface area contributed by atoms with E-state index in [2.05, 4.69) is 29.0 Å². The second kappa shape index (κ2) is 8.62. The zero-order chi connectivity index (χ0) is 22.9. The number of aromatic amines is 1. The highest BCUT2D eigenvalue weighted by molar-refractivity contribution is 5.99. The number of methoxy groups -OCH3 is 1. The topological polar surface area (TPSA) is 63.1 Å². The number of hydrogen-bond donors (Lipinski definition) is 1. The summed E-state index contributed by atoms with van der Waals surface area (Å²) < 4.78 is 7.58. The van der Waals surface area contributed by atoms with Crippen LogP contribution < -0.4 is 4.74 Å². The maximum atomic E-state index is 13.5. The first-order valence-corrected chi connectivity index (χ1v) is 11.3. The molecule has 0 saturated carbocycles. The molecule has 168 valence electrons. The van der Waals surface area contributed by atoms with Crippen molar-refractivity contribution in [2.24, 2.45) is 0 Å². The number of imidazole rings is 1. The van der Waals surface area contributed by atoms with Crippen molar-refractivity contribution in [2.75, 3.05) is 13.7 Å². The van der Waals surface area contributed by atoms with Crippen molar-refractivity contribution in [1.82, 2.24) is 19.4 Å². The molecule has 0 radical (unpaired) electrons. The molecule has 4 aromatic rings. The zero-order valence-electron chi connectivity index (χ0n) is 19.2. The minimum Gasteiger partial charge on any atom is -0.495 e. The molecule has 0 spiro atoms. The van der Waals surface area contributed by atoms with Gasteiger partial charge in [-0.05, 0) is 62.1 Å². The molecule has 2 aromatic heterocycles. The first-order valence-electron chi connectivity index (χ1n) is 11.3. The Bertz CT molecular complexity index is 1350. The molecule has 1 saturated heterocycles. The number of hydrogen-bond acceptors (Lipinski definition) is 3. The van der Waals surface area contributed by atoms with Crippen LogP contribution in [0.4, 0.5) is 0 Å². The molecule has 1 amide bonds. The Hall–Kier alpha value is -3.80. The second-order valence-electron chi connectivity index (χ2n) is 8.59.